The SMILES string of the molecule is CC.CC(C)(C)N1CCC(c2ccc(F)cc2F)C1.CNC=O.O=CN1CCCC1. The third kappa shape index (κ3) is 10.1. The van der Waals surface area contributed by atoms with Gasteiger partial charge in [0.1, 0.15) is 11.6 Å². The van der Waals surface area contributed by atoms with Gasteiger partial charge in [-0.1, -0.05) is 19.9 Å². The second-order valence-electron chi connectivity index (χ2n) is 8.02. The average molecular weight is 428 g/mol. The van der Waals surface area contributed by atoms with Crippen molar-refractivity contribution in [3.8, 4) is 0 Å². The number of rotatable bonds is 3. The minimum atomic E-state index is -0.503. The highest BCUT2D eigenvalue weighted by atomic mass is 19.1. The van der Waals surface area contributed by atoms with Gasteiger partial charge in [0.05, 0.1) is 0 Å². The molecular formula is C23H39F2N3O2. The monoisotopic (exact) mass is 427 g/mol. The van der Waals surface area contributed by atoms with Crippen molar-refractivity contribution in [2.24, 2.45) is 0 Å². The molecule has 2 aliphatic heterocycles. The molecule has 5 nitrogen and oxygen atoms in total. The molecule has 2 aliphatic rings. The first kappa shape index (κ1) is 28.0. The van der Waals surface area contributed by atoms with E-state index < -0.39 is 11.6 Å². The summed E-state index contributed by atoms with van der Waals surface area (Å²) in [5.74, 6) is -0.725. The zero-order valence-electron chi connectivity index (χ0n) is 19.4. The van der Waals surface area contributed by atoms with Gasteiger partial charge in [0, 0.05) is 44.2 Å². The van der Waals surface area contributed by atoms with Crippen LogP contribution in [0.1, 0.15) is 65.4 Å². The number of benzene rings is 1. The number of amides is 2. The highest BCUT2D eigenvalue weighted by Gasteiger charge is 2.32. The molecule has 2 fully saturated rings. The Bertz CT molecular complexity index is 615. The number of carbonyl (C=O) groups excluding carboxylic acids is 2. The predicted molar refractivity (Wildman–Crippen MR) is 118 cm³/mol. The first-order valence-corrected chi connectivity index (χ1v) is 10.7. The molecule has 0 saturated carbocycles. The van der Waals surface area contributed by atoms with Crippen LogP contribution in [0.25, 0.3) is 0 Å². The van der Waals surface area contributed by atoms with Crippen molar-refractivity contribution in [3.05, 3.63) is 35.4 Å². The number of carbonyl (C=O) groups is 2. The summed E-state index contributed by atoms with van der Waals surface area (Å²) in [5, 5.41) is 2.25. The van der Waals surface area contributed by atoms with Crippen LogP contribution in [0.5, 0.6) is 0 Å². The maximum absolute atomic E-state index is 13.7. The van der Waals surface area contributed by atoms with Gasteiger partial charge < -0.3 is 10.2 Å². The van der Waals surface area contributed by atoms with Gasteiger partial charge >= 0.3 is 0 Å². The number of halogens is 2. The molecule has 1 unspecified atom stereocenters. The summed E-state index contributed by atoms with van der Waals surface area (Å²) in [5.41, 5.74) is 0.767. The zero-order valence-corrected chi connectivity index (χ0v) is 19.4. The lowest BCUT2D eigenvalue weighted by Gasteiger charge is -2.31. The van der Waals surface area contributed by atoms with E-state index in [2.05, 4.69) is 31.0 Å². The van der Waals surface area contributed by atoms with Crippen LogP contribution >= 0.6 is 0 Å². The molecule has 172 valence electrons. The highest BCUT2D eigenvalue weighted by molar-refractivity contribution is 5.47. The van der Waals surface area contributed by atoms with E-state index in [0.717, 1.165) is 45.1 Å². The minimum absolute atomic E-state index is 0.116. The molecule has 2 saturated heterocycles. The molecular weight excluding hydrogens is 388 g/mol. The molecule has 2 heterocycles. The summed E-state index contributed by atoms with van der Waals surface area (Å²) in [6, 6.07) is 3.91. The molecule has 7 heteroatoms. The van der Waals surface area contributed by atoms with E-state index in [0.29, 0.717) is 12.0 Å². The van der Waals surface area contributed by atoms with E-state index in [4.69, 9.17) is 4.79 Å². The van der Waals surface area contributed by atoms with E-state index in [1.807, 2.05) is 13.8 Å². The first-order valence-electron chi connectivity index (χ1n) is 10.7. The zero-order chi connectivity index (χ0) is 23.2. The third-order valence-electron chi connectivity index (χ3n) is 4.95. The standard InChI is InChI=1S/C14H19F2N.C5H9NO.C2H5NO.C2H6/c1-14(2,3)17-7-6-10(9-17)12-5-4-11(15)8-13(12)16;7-5-6-3-1-2-4-6;1-3-2-4;1-2/h4-5,8,10H,6-7,9H2,1-3H3;5H,1-4H2;2H,1H3,(H,3,4);1-2H3. The molecule has 3 rings (SSSR count). The van der Waals surface area contributed by atoms with Crippen LogP contribution in [0.3, 0.4) is 0 Å². The molecule has 30 heavy (non-hydrogen) atoms. The molecule has 1 aromatic rings. The summed E-state index contributed by atoms with van der Waals surface area (Å²) >= 11 is 0. The second-order valence-corrected chi connectivity index (χ2v) is 8.02. The number of likely N-dealkylation sites (tertiary alicyclic amines) is 2. The smallest absolute Gasteiger partial charge is 0.209 e. The summed E-state index contributed by atoms with van der Waals surface area (Å²) < 4.78 is 26.5. The van der Waals surface area contributed by atoms with Crippen LogP contribution in [-0.2, 0) is 9.59 Å². The van der Waals surface area contributed by atoms with Gasteiger partial charge in [-0.05, 0) is 58.2 Å². The second kappa shape index (κ2) is 14.9. The molecule has 0 spiro atoms. The lowest BCUT2D eigenvalue weighted by atomic mass is 9.97. The van der Waals surface area contributed by atoms with Gasteiger partial charge in [-0.25, -0.2) is 8.78 Å². The molecule has 1 N–H and O–H groups in total. The van der Waals surface area contributed by atoms with Crippen LogP contribution < -0.4 is 5.32 Å². The Balaban J connectivity index is 0.000000534. The summed E-state index contributed by atoms with van der Waals surface area (Å²) in [6.07, 6.45) is 4.88. The van der Waals surface area contributed by atoms with Gasteiger partial charge in [-0.15, -0.1) is 0 Å². The van der Waals surface area contributed by atoms with E-state index in [1.165, 1.54) is 18.9 Å². The maximum atomic E-state index is 13.7. The molecule has 0 radical (unpaired) electrons. The Kier molecular flexibility index (Phi) is 13.9. The van der Waals surface area contributed by atoms with Gasteiger partial charge in [0.2, 0.25) is 12.8 Å². The number of nitrogens with one attached hydrogen (secondary N) is 1. The maximum Gasteiger partial charge on any atom is 0.209 e. The Labute approximate surface area is 180 Å². The van der Waals surface area contributed by atoms with Crippen molar-refractivity contribution in [1.82, 2.24) is 15.1 Å². The number of nitrogens with zero attached hydrogens (tertiary/aromatic N) is 2. The van der Waals surface area contributed by atoms with Gasteiger partial charge in [0.25, 0.3) is 0 Å². The fraction of sp³-hybridized carbons (Fsp3) is 0.652. The van der Waals surface area contributed by atoms with Crippen molar-refractivity contribution in [3.63, 3.8) is 0 Å². The third-order valence-corrected chi connectivity index (χ3v) is 4.95. The van der Waals surface area contributed by atoms with Gasteiger partial charge in [0.15, 0.2) is 0 Å². The van der Waals surface area contributed by atoms with Crippen molar-refractivity contribution < 1.29 is 18.4 Å². The first-order chi connectivity index (χ1) is 14.2. The van der Waals surface area contributed by atoms with Crippen molar-refractivity contribution in [2.45, 2.75) is 65.3 Å². The molecule has 2 amide bonds. The van der Waals surface area contributed by atoms with Crippen LogP contribution in [-0.4, -0.2) is 61.4 Å². The molecule has 0 bridgehead atoms. The fourth-order valence-corrected chi connectivity index (χ4v) is 3.30. The molecule has 0 aromatic heterocycles. The Morgan fingerprint density at radius 2 is 1.63 bits per heavy atom. The lowest BCUT2D eigenvalue weighted by molar-refractivity contribution is -0.117. The quantitative estimate of drug-likeness (QED) is 0.737. The minimum Gasteiger partial charge on any atom is -0.362 e. The van der Waals surface area contributed by atoms with Crippen LogP contribution in [0, 0.1) is 11.6 Å². The fourth-order valence-electron chi connectivity index (χ4n) is 3.30. The predicted octanol–water partition coefficient (Wildman–Crippen LogP) is 4.18. The van der Waals surface area contributed by atoms with E-state index >= 15 is 0 Å². The van der Waals surface area contributed by atoms with E-state index in [9.17, 15) is 13.6 Å². The van der Waals surface area contributed by atoms with Crippen molar-refractivity contribution in [2.75, 3.05) is 33.2 Å². The lowest BCUT2D eigenvalue weighted by Crippen LogP contribution is -2.39. The summed E-state index contributed by atoms with van der Waals surface area (Å²) in [6.45, 7) is 14.3. The van der Waals surface area contributed by atoms with Gasteiger partial charge in [-0.3, -0.25) is 14.5 Å². The van der Waals surface area contributed by atoms with Crippen LogP contribution in [0.15, 0.2) is 18.2 Å². The largest absolute Gasteiger partial charge is 0.362 e. The van der Waals surface area contributed by atoms with E-state index in [-0.39, 0.29) is 11.5 Å². The Hall–Kier alpha value is -2.02. The van der Waals surface area contributed by atoms with E-state index in [1.54, 1.807) is 18.0 Å². The summed E-state index contributed by atoms with van der Waals surface area (Å²) in [7, 11) is 1.56. The molecule has 1 atom stereocenters. The topological polar surface area (TPSA) is 52.7 Å². The highest BCUT2D eigenvalue weighted by Crippen LogP contribution is 2.32. The normalized spacial score (nSPS) is 18.1. The average Bonchev–Trinajstić information content (AvgIpc) is 3.42. The Morgan fingerprint density at radius 1 is 1.07 bits per heavy atom. The number of hydrogen-bond donors (Lipinski definition) is 1. The number of hydrogen-bond acceptors (Lipinski definition) is 3. The molecule has 0 aliphatic carbocycles. The Morgan fingerprint density at radius 3 is 2.00 bits per heavy atom. The van der Waals surface area contributed by atoms with Crippen LogP contribution in [0.4, 0.5) is 8.78 Å². The van der Waals surface area contributed by atoms with Crippen molar-refractivity contribution >= 4 is 12.8 Å². The van der Waals surface area contributed by atoms with Crippen molar-refractivity contribution in [1.29, 1.82) is 0 Å². The van der Waals surface area contributed by atoms with Crippen LogP contribution in [0.2, 0.25) is 0 Å². The summed E-state index contributed by atoms with van der Waals surface area (Å²) in [4.78, 5) is 23.1. The molecule has 1 aromatic carbocycles. The van der Waals surface area contributed by atoms with Gasteiger partial charge in [-0.2, -0.15) is 0 Å².